The Hall–Kier alpha value is -1.06. The van der Waals surface area contributed by atoms with Gasteiger partial charge in [0.15, 0.2) is 0 Å². The summed E-state index contributed by atoms with van der Waals surface area (Å²) in [4.78, 5) is 22.4. The number of benzene rings is 1. The van der Waals surface area contributed by atoms with E-state index < -0.39 is 17.1 Å². The van der Waals surface area contributed by atoms with Gasteiger partial charge in [-0.15, -0.1) is 11.6 Å². The fourth-order valence-corrected chi connectivity index (χ4v) is 1.54. The lowest BCUT2D eigenvalue weighted by molar-refractivity contribution is -0.151. The number of hydrogen-bond donors (Lipinski definition) is 0. The maximum absolute atomic E-state index is 11.4. The lowest BCUT2D eigenvalue weighted by Gasteiger charge is -2.08. The summed E-state index contributed by atoms with van der Waals surface area (Å²) in [7, 11) is 1.13. The molecule has 1 aromatic carbocycles. The maximum Gasteiger partial charge on any atom is 0.376 e. The summed E-state index contributed by atoms with van der Waals surface area (Å²) in [6, 6.07) is 4.95. The van der Waals surface area contributed by atoms with Crippen LogP contribution in [0.3, 0.4) is 0 Å². The van der Waals surface area contributed by atoms with Crippen LogP contribution >= 0.6 is 23.2 Å². The molecule has 16 heavy (non-hydrogen) atoms. The van der Waals surface area contributed by atoms with Gasteiger partial charge in [0, 0.05) is 5.02 Å². The first-order valence-electron chi connectivity index (χ1n) is 4.49. The standard InChI is InChI=1S/C11H10Cl2O3/c1-6-3-4-7(5-8(6)12)9(13)10(14)11(15)16-2/h3-5,9H,1-2H3. The van der Waals surface area contributed by atoms with Crippen molar-refractivity contribution < 1.29 is 14.3 Å². The van der Waals surface area contributed by atoms with E-state index in [4.69, 9.17) is 23.2 Å². The van der Waals surface area contributed by atoms with Crippen molar-refractivity contribution in [3.05, 3.63) is 34.3 Å². The molecule has 0 aromatic heterocycles. The number of carbonyl (C=O) groups excluding carboxylic acids is 2. The highest BCUT2D eigenvalue weighted by molar-refractivity contribution is 6.47. The van der Waals surface area contributed by atoms with Gasteiger partial charge >= 0.3 is 5.97 Å². The van der Waals surface area contributed by atoms with Gasteiger partial charge < -0.3 is 4.74 Å². The summed E-state index contributed by atoms with van der Waals surface area (Å²) < 4.78 is 4.30. The highest BCUT2D eigenvalue weighted by Crippen LogP contribution is 2.26. The minimum absolute atomic E-state index is 0.479. The van der Waals surface area contributed by atoms with Crippen LogP contribution in [0, 0.1) is 6.92 Å². The Bertz CT molecular complexity index is 429. The molecule has 0 fully saturated rings. The molecular formula is C11H10Cl2O3. The number of rotatable bonds is 3. The molecule has 0 saturated carbocycles. The summed E-state index contributed by atoms with van der Waals surface area (Å²) >= 11 is 11.7. The average molecular weight is 261 g/mol. The molecular weight excluding hydrogens is 251 g/mol. The Morgan fingerprint density at radius 3 is 2.50 bits per heavy atom. The molecule has 1 rings (SSSR count). The maximum atomic E-state index is 11.4. The van der Waals surface area contributed by atoms with Gasteiger partial charge in [-0.25, -0.2) is 4.79 Å². The van der Waals surface area contributed by atoms with Gasteiger partial charge in [0.05, 0.1) is 7.11 Å². The number of aryl methyl sites for hydroxylation is 1. The van der Waals surface area contributed by atoms with Gasteiger partial charge in [0.25, 0.3) is 5.78 Å². The molecule has 1 atom stereocenters. The zero-order valence-electron chi connectivity index (χ0n) is 8.79. The number of carbonyl (C=O) groups is 2. The van der Waals surface area contributed by atoms with E-state index in [2.05, 4.69) is 4.74 Å². The molecule has 5 heteroatoms. The second-order valence-corrected chi connectivity index (χ2v) is 4.07. The van der Waals surface area contributed by atoms with Crippen molar-refractivity contribution in [2.75, 3.05) is 7.11 Å². The lowest BCUT2D eigenvalue weighted by atomic mass is 10.1. The zero-order chi connectivity index (χ0) is 12.3. The van der Waals surface area contributed by atoms with Gasteiger partial charge in [-0.3, -0.25) is 4.79 Å². The highest BCUT2D eigenvalue weighted by atomic mass is 35.5. The van der Waals surface area contributed by atoms with Crippen LogP contribution in [0.4, 0.5) is 0 Å². The van der Waals surface area contributed by atoms with Crippen molar-refractivity contribution in [3.63, 3.8) is 0 Å². The second kappa shape index (κ2) is 5.32. The first-order chi connectivity index (χ1) is 7.47. The van der Waals surface area contributed by atoms with Crippen molar-refractivity contribution >= 4 is 35.0 Å². The molecule has 0 aliphatic carbocycles. The van der Waals surface area contributed by atoms with E-state index in [1.807, 2.05) is 6.92 Å². The number of esters is 1. The largest absolute Gasteiger partial charge is 0.463 e. The van der Waals surface area contributed by atoms with Crippen LogP contribution in [0.1, 0.15) is 16.5 Å². The number of ether oxygens (including phenoxy) is 1. The molecule has 0 heterocycles. The quantitative estimate of drug-likeness (QED) is 0.477. The van der Waals surface area contributed by atoms with Crippen LogP contribution in [0.25, 0.3) is 0 Å². The summed E-state index contributed by atoms with van der Waals surface area (Å²) in [6.45, 7) is 1.83. The Morgan fingerprint density at radius 1 is 1.38 bits per heavy atom. The fraction of sp³-hybridized carbons (Fsp3) is 0.273. The monoisotopic (exact) mass is 260 g/mol. The first-order valence-corrected chi connectivity index (χ1v) is 5.31. The van der Waals surface area contributed by atoms with Crippen LogP contribution < -0.4 is 0 Å². The second-order valence-electron chi connectivity index (χ2n) is 3.23. The molecule has 3 nitrogen and oxygen atoms in total. The van der Waals surface area contributed by atoms with Crippen molar-refractivity contribution in [1.29, 1.82) is 0 Å². The Kier molecular flexibility index (Phi) is 4.33. The Labute approximate surface area is 103 Å². The van der Waals surface area contributed by atoms with Crippen molar-refractivity contribution in [1.82, 2.24) is 0 Å². The summed E-state index contributed by atoms with van der Waals surface area (Å²) in [5.41, 5.74) is 1.35. The summed E-state index contributed by atoms with van der Waals surface area (Å²) in [5.74, 6) is -1.76. The van der Waals surface area contributed by atoms with Gasteiger partial charge in [-0.2, -0.15) is 0 Å². The molecule has 0 saturated heterocycles. The smallest absolute Gasteiger partial charge is 0.376 e. The molecule has 0 aliphatic rings. The Balaban J connectivity index is 2.96. The number of ketones is 1. The third-order valence-electron chi connectivity index (χ3n) is 2.11. The van der Waals surface area contributed by atoms with Gasteiger partial charge in [-0.1, -0.05) is 23.7 Å². The topological polar surface area (TPSA) is 43.4 Å². The molecule has 0 radical (unpaired) electrons. The molecule has 1 unspecified atom stereocenters. The van der Waals surface area contributed by atoms with E-state index in [1.165, 1.54) is 0 Å². The summed E-state index contributed by atoms with van der Waals surface area (Å²) in [6.07, 6.45) is 0. The number of methoxy groups -OCH3 is 1. The normalized spacial score (nSPS) is 12.0. The van der Waals surface area contributed by atoms with Crippen LogP contribution in [0.15, 0.2) is 18.2 Å². The van der Waals surface area contributed by atoms with Gasteiger partial charge in [0.2, 0.25) is 0 Å². The van der Waals surface area contributed by atoms with Crippen LogP contribution in [0.2, 0.25) is 5.02 Å². The van der Waals surface area contributed by atoms with Gasteiger partial charge in [-0.05, 0) is 24.1 Å². The van der Waals surface area contributed by atoms with E-state index in [-0.39, 0.29) is 0 Å². The minimum atomic E-state index is -1.06. The van der Waals surface area contributed by atoms with Crippen molar-refractivity contribution in [2.45, 2.75) is 12.3 Å². The predicted molar refractivity (Wildman–Crippen MR) is 61.8 cm³/mol. The predicted octanol–water partition coefficient (Wildman–Crippen LogP) is 2.67. The summed E-state index contributed by atoms with van der Waals surface area (Å²) in [5, 5.41) is -0.564. The molecule has 1 aromatic rings. The third-order valence-corrected chi connectivity index (χ3v) is 2.96. The van der Waals surface area contributed by atoms with E-state index in [1.54, 1.807) is 18.2 Å². The SMILES string of the molecule is COC(=O)C(=O)C(Cl)c1ccc(C)c(Cl)c1. The molecule has 0 amide bonds. The molecule has 0 N–H and O–H groups in total. The molecule has 86 valence electrons. The van der Waals surface area contributed by atoms with E-state index in [0.717, 1.165) is 12.7 Å². The van der Waals surface area contributed by atoms with E-state index >= 15 is 0 Å². The zero-order valence-corrected chi connectivity index (χ0v) is 10.3. The number of hydrogen-bond acceptors (Lipinski definition) is 3. The lowest BCUT2D eigenvalue weighted by Crippen LogP contribution is -2.20. The molecule has 0 spiro atoms. The van der Waals surface area contributed by atoms with E-state index in [0.29, 0.717) is 10.6 Å². The minimum Gasteiger partial charge on any atom is -0.463 e. The third kappa shape index (κ3) is 2.74. The van der Waals surface area contributed by atoms with Crippen molar-refractivity contribution in [3.8, 4) is 0 Å². The number of Topliss-reactive ketones (excluding diaryl/α,β-unsaturated/α-hetero) is 1. The first kappa shape index (κ1) is 13.0. The number of alkyl halides is 1. The Morgan fingerprint density at radius 2 is 2.00 bits per heavy atom. The van der Waals surface area contributed by atoms with Crippen LogP contribution in [0.5, 0.6) is 0 Å². The molecule has 0 bridgehead atoms. The van der Waals surface area contributed by atoms with Gasteiger partial charge in [0.1, 0.15) is 5.38 Å². The molecule has 0 aliphatic heterocycles. The number of halogens is 2. The van der Waals surface area contributed by atoms with Crippen LogP contribution in [-0.4, -0.2) is 18.9 Å². The fourth-order valence-electron chi connectivity index (χ4n) is 1.12. The highest BCUT2D eigenvalue weighted by Gasteiger charge is 2.25. The van der Waals surface area contributed by atoms with E-state index in [9.17, 15) is 9.59 Å². The van der Waals surface area contributed by atoms with Crippen LogP contribution in [-0.2, 0) is 14.3 Å². The van der Waals surface area contributed by atoms with Crippen molar-refractivity contribution in [2.24, 2.45) is 0 Å². The average Bonchev–Trinajstić information content (AvgIpc) is 2.29.